The van der Waals surface area contributed by atoms with Crippen molar-refractivity contribution >= 4 is 17.4 Å². The molecule has 106 valence electrons. The number of anilines is 1. The molecule has 21 heavy (non-hydrogen) atoms. The molecular weight excluding hydrogens is 277 g/mol. The van der Waals surface area contributed by atoms with E-state index < -0.39 is 17.5 Å². The first kappa shape index (κ1) is 12.2. The molecule has 0 saturated heterocycles. The predicted molar refractivity (Wildman–Crippen MR) is 68.2 cm³/mol. The maximum Gasteiger partial charge on any atom is 0.299 e. The van der Waals surface area contributed by atoms with E-state index in [0.717, 1.165) is 18.9 Å². The Kier molecular flexibility index (Phi) is 2.44. The van der Waals surface area contributed by atoms with Crippen molar-refractivity contribution in [3.63, 3.8) is 0 Å². The second kappa shape index (κ2) is 4.21. The Morgan fingerprint density at radius 1 is 1.33 bits per heavy atom. The number of rotatable bonds is 3. The molecule has 1 amide bonds. The average molecular weight is 287 g/mol. The Bertz CT molecular complexity index is 767. The number of hydrogen-bond acceptors (Lipinski definition) is 5. The van der Waals surface area contributed by atoms with Gasteiger partial charge in [-0.25, -0.2) is 4.39 Å². The molecule has 2 aromatic rings. The summed E-state index contributed by atoms with van der Waals surface area (Å²) in [6, 6.07) is 3.64. The lowest BCUT2D eigenvalue weighted by Gasteiger charge is -2.13. The molecule has 6 nitrogen and oxygen atoms in total. The number of hydrogen-bond donors (Lipinski definition) is 0. The van der Waals surface area contributed by atoms with Gasteiger partial charge in [0.25, 0.3) is 11.7 Å². The van der Waals surface area contributed by atoms with E-state index in [2.05, 4.69) is 10.1 Å². The van der Waals surface area contributed by atoms with Gasteiger partial charge in [-0.1, -0.05) is 5.16 Å². The number of Topliss-reactive ketones (excluding diaryl/α,β-unsaturated/α-hetero) is 1. The third kappa shape index (κ3) is 1.93. The third-order valence-electron chi connectivity index (χ3n) is 3.64. The van der Waals surface area contributed by atoms with Gasteiger partial charge in [-0.15, -0.1) is 0 Å². The number of halogens is 1. The zero-order valence-electron chi connectivity index (χ0n) is 10.9. The molecule has 1 aliphatic carbocycles. The minimum Gasteiger partial charge on any atom is -0.339 e. The Morgan fingerprint density at radius 2 is 2.14 bits per heavy atom. The Labute approximate surface area is 118 Å². The molecule has 4 rings (SSSR count). The van der Waals surface area contributed by atoms with Crippen molar-refractivity contribution in [2.45, 2.75) is 25.3 Å². The smallest absolute Gasteiger partial charge is 0.299 e. The molecule has 1 aromatic carbocycles. The fourth-order valence-corrected chi connectivity index (χ4v) is 2.39. The van der Waals surface area contributed by atoms with Gasteiger partial charge in [0.1, 0.15) is 5.82 Å². The first-order valence-corrected chi connectivity index (χ1v) is 6.61. The molecule has 0 atom stereocenters. The number of fused-ring (bicyclic) bond motifs is 1. The van der Waals surface area contributed by atoms with E-state index >= 15 is 0 Å². The largest absolute Gasteiger partial charge is 0.339 e. The minimum atomic E-state index is -0.701. The quantitative estimate of drug-likeness (QED) is 0.805. The summed E-state index contributed by atoms with van der Waals surface area (Å²) in [5.74, 6) is -0.665. The highest BCUT2D eigenvalue weighted by molar-refractivity contribution is 6.52. The van der Waals surface area contributed by atoms with Gasteiger partial charge in [0.15, 0.2) is 5.82 Å². The first-order chi connectivity index (χ1) is 10.1. The van der Waals surface area contributed by atoms with Gasteiger partial charge in [0.05, 0.1) is 17.8 Å². The molecule has 2 aliphatic rings. The number of carbonyl (C=O) groups is 2. The van der Waals surface area contributed by atoms with E-state index in [-0.39, 0.29) is 17.8 Å². The molecule has 0 bridgehead atoms. The lowest BCUT2D eigenvalue weighted by atomic mass is 10.1. The van der Waals surface area contributed by atoms with E-state index in [9.17, 15) is 14.0 Å². The Morgan fingerprint density at radius 3 is 2.90 bits per heavy atom. The number of nitrogens with zero attached hydrogens (tertiary/aromatic N) is 3. The highest BCUT2D eigenvalue weighted by atomic mass is 19.1. The molecule has 0 unspecified atom stereocenters. The second-order valence-corrected chi connectivity index (χ2v) is 5.21. The van der Waals surface area contributed by atoms with Crippen LogP contribution in [0.15, 0.2) is 22.7 Å². The van der Waals surface area contributed by atoms with Crippen molar-refractivity contribution in [1.82, 2.24) is 10.1 Å². The number of ketones is 1. The second-order valence-electron chi connectivity index (χ2n) is 5.21. The third-order valence-corrected chi connectivity index (χ3v) is 3.64. The van der Waals surface area contributed by atoms with Crippen LogP contribution in [0.25, 0.3) is 0 Å². The summed E-state index contributed by atoms with van der Waals surface area (Å²) < 4.78 is 18.5. The van der Waals surface area contributed by atoms with Gasteiger partial charge in [0.2, 0.25) is 5.89 Å². The zero-order valence-corrected chi connectivity index (χ0v) is 10.9. The fourth-order valence-electron chi connectivity index (χ4n) is 2.39. The lowest BCUT2D eigenvalue weighted by molar-refractivity contribution is -0.114. The van der Waals surface area contributed by atoms with Crippen molar-refractivity contribution in [3.8, 4) is 0 Å². The summed E-state index contributed by atoms with van der Waals surface area (Å²) in [4.78, 5) is 29.2. The van der Waals surface area contributed by atoms with Gasteiger partial charge in [-0.2, -0.15) is 4.98 Å². The van der Waals surface area contributed by atoms with Crippen LogP contribution < -0.4 is 4.90 Å². The van der Waals surface area contributed by atoms with E-state index in [1.165, 1.54) is 17.0 Å². The summed E-state index contributed by atoms with van der Waals surface area (Å²) >= 11 is 0. The van der Waals surface area contributed by atoms with E-state index in [1.54, 1.807) is 0 Å². The zero-order chi connectivity index (χ0) is 14.6. The summed E-state index contributed by atoms with van der Waals surface area (Å²) in [6.07, 6.45) is 2.05. The molecular formula is C14H10FN3O3. The summed E-state index contributed by atoms with van der Waals surface area (Å²) in [5.41, 5.74) is 0.454. The van der Waals surface area contributed by atoms with Crippen LogP contribution in [0.5, 0.6) is 0 Å². The van der Waals surface area contributed by atoms with Crippen molar-refractivity contribution in [1.29, 1.82) is 0 Å². The van der Waals surface area contributed by atoms with Gasteiger partial charge >= 0.3 is 0 Å². The predicted octanol–water partition coefficient (Wildman–Crippen LogP) is 1.82. The summed E-state index contributed by atoms with van der Waals surface area (Å²) in [7, 11) is 0. The standard InChI is InChI=1S/C14H10FN3O3/c15-8-3-4-9-10(5-8)18(14(20)12(9)19)6-11-16-13(21-17-11)7-1-2-7/h3-5,7H,1-2,6H2. The van der Waals surface area contributed by atoms with Crippen molar-refractivity contribution in [3.05, 3.63) is 41.3 Å². The number of carbonyl (C=O) groups excluding carboxylic acids is 2. The first-order valence-electron chi connectivity index (χ1n) is 6.61. The van der Waals surface area contributed by atoms with Crippen LogP contribution in [-0.2, 0) is 11.3 Å². The van der Waals surface area contributed by atoms with Gasteiger partial charge in [-0.05, 0) is 31.0 Å². The molecule has 1 fully saturated rings. The van der Waals surface area contributed by atoms with Crippen LogP contribution in [0.1, 0.15) is 40.8 Å². The van der Waals surface area contributed by atoms with E-state index in [4.69, 9.17) is 4.52 Å². The van der Waals surface area contributed by atoms with Crippen LogP contribution in [-0.4, -0.2) is 21.8 Å². The fraction of sp³-hybridized carbons (Fsp3) is 0.286. The molecule has 7 heteroatoms. The SMILES string of the molecule is O=C1C(=O)N(Cc2noc(C3CC3)n2)c2cc(F)ccc21. The van der Waals surface area contributed by atoms with E-state index in [1.807, 2.05) is 0 Å². The number of amides is 1. The molecule has 0 N–H and O–H groups in total. The highest BCUT2D eigenvalue weighted by Crippen LogP contribution is 2.39. The van der Waals surface area contributed by atoms with Crippen molar-refractivity contribution in [2.24, 2.45) is 0 Å². The topological polar surface area (TPSA) is 76.3 Å². The lowest BCUT2D eigenvalue weighted by Crippen LogP contribution is -2.29. The van der Waals surface area contributed by atoms with Crippen LogP contribution in [0.3, 0.4) is 0 Å². The van der Waals surface area contributed by atoms with Crippen molar-refractivity contribution < 1.29 is 18.5 Å². The molecule has 0 radical (unpaired) electrons. The minimum absolute atomic E-state index is 0.00273. The normalized spacial score (nSPS) is 17.5. The maximum atomic E-state index is 13.3. The van der Waals surface area contributed by atoms with Crippen LogP contribution >= 0.6 is 0 Å². The Balaban J connectivity index is 1.66. The van der Waals surface area contributed by atoms with Crippen LogP contribution in [0.2, 0.25) is 0 Å². The van der Waals surface area contributed by atoms with Crippen LogP contribution in [0, 0.1) is 5.82 Å². The Hall–Kier alpha value is -2.57. The molecule has 1 saturated carbocycles. The summed E-state index contributed by atoms with van der Waals surface area (Å²) in [5, 5.41) is 3.81. The van der Waals surface area contributed by atoms with Gasteiger partial charge in [-0.3, -0.25) is 14.5 Å². The highest BCUT2D eigenvalue weighted by Gasteiger charge is 2.37. The summed E-state index contributed by atoms with van der Waals surface area (Å²) in [6.45, 7) is -0.00273. The van der Waals surface area contributed by atoms with Crippen LogP contribution in [0.4, 0.5) is 10.1 Å². The molecule has 2 heterocycles. The maximum absolute atomic E-state index is 13.3. The molecule has 1 aliphatic heterocycles. The van der Waals surface area contributed by atoms with Crippen molar-refractivity contribution in [2.75, 3.05) is 4.90 Å². The van der Waals surface area contributed by atoms with Gasteiger partial charge in [0, 0.05) is 5.92 Å². The molecule has 1 aromatic heterocycles. The van der Waals surface area contributed by atoms with E-state index in [0.29, 0.717) is 17.6 Å². The molecule has 0 spiro atoms. The van der Waals surface area contributed by atoms with Gasteiger partial charge < -0.3 is 4.52 Å². The monoisotopic (exact) mass is 287 g/mol. The number of benzene rings is 1. The average Bonchev–Trinajstić information content (AvgIpc) is 3.18. The number of aromatic nitrogens is 2.